The van der Waals surface area contributed by atoms with Crippen LogP contribution in [0.4, 0.5) is 4.39 Å². The van der Waals surface area contributed by atoms with Gasteiger partial charge in [-0.25, -0.2) is 4.39 Å². The van der Waals surface area contributed by atoms with Crippen molar-refractivity contribution in [1.29, 1.82) is 0 Å². The highest BCUT2D eigenvalue weighted by atomic mass is 79.9. The Morgan fingerprint density at radius 2 is 1.63 bits per heavy atom. The molecule has 0 spiro atoms. The van der Waals surface area contributed by atoms with Crippen LogP contribution in [0.1, 0.15) is 17.0 Å². The fourth-order valence-electron chi connectivity index (χ4n) is 2.04. The molecule has 0 radical (unpaired) electrons. The second-order valence-corrected chi connectivity index (χ2v) is 6.26. The van der Waals surface area contributed by atoms with Gasteiger partial charge in [-0.15, -0.1) is 0 Å². The lowest BCUT2D eigenvalue weighted by Crippen LogP contribution is -2.15. The van der Waals surface area contributed by atoms with Crippen molar-refractivity contribution >= 4 is 31.9 Å². The van der Waals surface area contributed by atoms with E-state index in [4.69, 9.17) is 5.73 Å². The van der Waals surface area contributed by atoms with Crippen molar-refractivity contribution in [2.24, 2.45) is 5.73 Å². The lowest BCUT2D eigenvalue weighted by molar-refractivity contribution is 0.590. The van der Waals surface area contributed by atoms with Crippen LogP contribution < -0.4 is 5.73 Å². The molecular formula is C15H14Br2FN. The van der Waals surface area contributed by atoms with Crippen LogP contribution in [-0.2, 0) is 6.42 Å². The zero-order chi connectivity index (χ0) is 13.8. The molecule has 0 aliphatic rings. The molecule has 0 heterocycles. The van der Waals surface area contributed by atoms with Gasteiger partial charge in [-0.2, -0.15) is 0 Å². The largest absolute Gasteiger partial charge is 0.330 e. The maximum Gasteiger partial charge on any atom is 0.126 e. The van der Waals surface area contributed by atoms with Crippen molar-refractivity contribution in [2.45, 2.75) is 12.3 Å². The van der Waals surface area contributed by atoms with E-state index in [1.54, 1.807) is 6.07 Å². The topological polar surface area (TPSA) is 26.0 Å². The third-order valence-corrected chi connectivity index (χ3v) is 4.12. The normalized spacial score (nSPS) is 12.4. The fourth-order valence-corrected chi connectivity index (χ4v) is 2.71. The number of hydrogen-bond donors (Lipinski definition) is 1. The van der Waals surface area contributed by atoms with Gasteiger partial charge in [-0.05, 0) is 54.4 Å². The Bertz CT molecular complexity index is 555. The second-order valence-electron chi connectivity index (χ2n) is 4.42. The summed E-state index contributed by atoms with van der Waals surface area (Å²) in [6.07, 6.45) is 0.601. The average molecular weight is 387 g/mol. The van der Waals surface area contributed by atoms with Gasteiger partial charge in [0.05, 0.1) is 0 Å². The van der Waals surface area contributed by atoms with Gasteiger partial charge in [0.1, 0.15) is 5.82 Å². The van der Waals surface area contributed by atoms with Crippen LogP contribution in [0.15, 0.2) is 51.4 Å². The maximum absolute atomic E-state index is 13.8. The maximum atomic E-state index is 13.8. The molecule has 2 rings (SSSR count). The Labute approximate surface area is 129 Å². The van der Waals surface area contributed by atoms with Crippen LogP contribution in [-0.4, -0.2) is 6.54 Å². The smallest absolute Gasteiger partial charge is 0.126 e. The third kappa shape index (κ3) is 3.88. The lowest BCUT2D eigenvalue weighted by atomic mass is 9.92. The molecule has 0 fully saturated rings. The molecule has 4 heteroatoms. The molecular weight excluding hydrogens is 373 g/mol. The Hall–Kier alpha value is -0.710. The van der Waals surface area contributed by atoms with Gasteiger partial charge in [0.15, 0.2) is 0 Å². The van der Waals surface area contributed by atoms with E-state index in [9.17, 15) is 4.39 Å². The van der Waals surface area contributed by atoms with Crippen molar-refractivity contribution in [3.8, 4) is 0 Å². The zero-order valence-corrected chi connectivity index (χ0v) is 13.4. The van der Waals surface area contributed by atoms with Crippen molar-refractivity contribution < 1.29 is 4.39 Å². The first kappa shape index (κ1) is 14.7. The minimum Gasteiger partial charge on any atom is -0.330 e. The molecule has 0 aliphatic carbocycles. The summed E-state index contributed by atoms with van der Waals surface area (Å²) in [4.78, 5) is 0. The van der Waals surface area contributed by atoms with Crippen molar-refractivity contribution in [3.05, 3.63) is 68.4 Å². The second kappa shape index (κ2) is 6.64. The molecule has 0 saturated heterocycles. The van der Waals surface area contributed by atoms with E-state index in [1.807, 2.05) is 30.3 Å². The standard InChI is InChI=1S/C15H14Br2FN/c16-13-3-1-10(2-4-13)12(9-19)7-11-8-14(17)5-6-15(11)18/h1-6,8,12H,7,9,19H2. The molecule has 1 unspecified atom stereocenters. The molecule has 1 nitrogen and oxygen atoms in total. The van der Waals surface area contributed by atoms with E-state index in [1.165, 1.54) is 6.07 Å². The summed E-state index contributed by atoms with van der Waals surface area (Å²) < 4.78 is 15.7. The first-order valence-electron chi connectivity index (χ1n) is 5.99. The predicted octanol–water partition coefficient (Wildman–Crippen LogP) is 4.64. The summed E-state index contributed by atoms with van der Waals surface area (Å²) in [6, 6.07) is 13.0. The van der Waals surface area contributed by atoms with Crippen molar-refractivity contribution in [2.75, 3.05) is 6.54 Å². The van der Waals surface area contributed by atoms with Gasteiger partial charge in [0.2, 0.25) is 0 Å². The molecule has 0 aliphatic heterocycles. The summed E-state index contributed by atoms with van der Waals surface area (Å²) in [5.74, 6) is -0.0596. The molecule has 2 aromatic rings. The molecule has 100 valence electrons. The van der Waals surface area contributed by atoms with Crippen LogP contribution >= 0.6 is 31.9 Å². The first-order chi connectivity index (χ1) is 9.10. The summed E-state index contributed by atoms with van der Waals surface area (Å²) >= 11 is 6.78. The van der Waals surface area contributed by atoms with E-state index >= 15 is 0 Å². The van der Waals surface area contributed by atoms with E-state index in [-0.39, 0.29) is 11.7 Å². The van der Waals surface area contributed by atoms with Crippen LogP contribution in [0.5, 0.6) is 0 Å². The summed E-state index contributed by atoms with van der Waals surface area (Å²) in [5, 5.41) is 0. The monoisotopic (exact) mass is 385 g/mol. The SMILES string of the molecule is NCC(Cc1cc(Br)ccc1F)c1ccc(Br)cc1. The molecule has 2 N–H and O–H groups in total. The number of rotatable bonds is 4. The minimum atomic E-state index is -0.182. The third-order valence-electron chi connectivity index (χ3n) is 3.10. The van der Waals surface area contributed by atoms with E-state index in [2.05, 4.69) is 31.9 Å². The molecule has 2 aromatic carbocycles. The Morgan fingerprint density at radius 1 is 1.00 bits per heavy atom. The van der Waals surface area contributed by atoms with E-state index in [0.29, 0.717) is 18.5 Å². The van der Waals surface area contributed by atoms with Gasteiger partial charge in [-0.1, -0.05) is 44.0 Å². The Balaban J connectivity index is 2.23. The zero-order valence-electron chi connectivity index (χ0n) is 10.2. The van der Waals surface area contributed by atoms with Gasteiger partial charge >= 0.3 is 0 Å². The number of hydrogen-bond acceptors (Lipinski definition) is 1. The van der Waals surface area contributed by atoms with E-state index < -0.39 is 0 Å². The molecule has 1 atom stereocenters. The number of nitrogens with two attached hydrogens (primary N) is 1. The Morgan fingerprint density at radius 3 is 2.26 bits per heavy atom. The van der Waals surface area contributed by atoms with Gasteiger partial charge < -0.3 is 5.73 Å². The number of halogens is 3. The number of benzene rings is 2. The quantitative estimate of drug-likeness (QED) is 0.813. The highest BCUT2D eigenvalue weighted by Gasteiger charge is 2.13. The fraction of sp³-hybridized carbons (Fsp3) is 0.200. The summed E-state index contributed by atoms with van der Waals surface area (Å²) in [6.45, 7) is 0.494. The van der Waals surface area contributed by atoms with Crippen LogP contribution in [0, 0.1) is 5.82 Å². The molecule has 19 heavy (non-hydrogen) atoms. The van der Waals surface area contributed by atoms with Gasteiger partial charge in [-0.3, -0.25) is 0 Å². The van der Waals surface area contributed by atoms with Crippen LogP contribution in [0.25, 0.3) is 0 Å². The molecule has 0 amide bonds. The van der Waals surface area contributed by atoms with Crippen LogP contribution in [0.2, 0.25) is 0 Å². The molecule has 0 bridgehead atoms. The highest BCUT2D eigenvalue weighted by molar-refractivity contribution is 9.10. The molecule has 0 aromatic heterocycles. The van der Waals surface area contributed by atoms with E-state index in [0.717, 1.165) is 14.5 Å². The molecule has 0 saturated carbocycles. The van der Waals surface area contributed by atoms with Gasteiger partial charge in [0, 0.05) is 14.9 Å². The highest BCUT2D eigenvalue weighted by Crippen LogP contribution is 2.25. The first-order valence-corrected chi connectivity index (χ1v) is 7.58. The summed E-state index contributed by atoms with van der Waals surface area (Å²) in [5.41, 5.74) is 7.65. The van der Waals surface area contributed by atoms with Crippen molar-refractivity contribution in [1.82, 2.24) is 0 Å². The van der Waals surface area contributed by atoms with Crippen LogP contribution in [0.3, 0.4) is 0 Å². The summed E-state index contributed by atoms with van der Waals surface area (Å²) in [7, 11) is 0. The minimum absolute atomic E-state index is 0.122. The average Bonchev–Trinajstić information content (AvgIpc) is 2.41. The van der Waals surface area contributed by atoms with Crippen molar-refractivity contribution in [3.63, 3.8) is 0 Å². The van der Waals surface area contributed by atoms with Gasteiger partial charge in [0.25, 0.3) is 0 Å². The Kier molecular flexibility index (Phi) is 5.13. The lowest BCUT2D eigenvalue weighted by Gasteiger charge is -2.16. The predicted molar refractivity (Wildman–Crippen MR) is 83.7 cm³/mol.